The lowest BCUT2D eigenvalue weighted by Gasteiger charge is -2.35. The van der Waals surface area contributed by atoms with Gasteiger partial charge in [0.25, 0.3) is 5.91 Å². The topological polar surface area (TPSA) is 76.1 Å². The van der Waals surface area contributed by atoms with Crippen LogP contribution in [0.4, 0.5) is 0 Å². The molecule has 1 saturated heterocycles. The Morgan fingerprint density at radius 2 is 1.77 bits per heavy atom. The highest BCUT2D eigenvalue weighted by Gasteiger charge is 2.44. The van der Waals surface area contributed by atoms with Gasteiger partial charge in [0.1, 0.15) is 11.9 Å². The standard InChI is InChI=1S/C25H29NO5/c1-15-7-8-16(2)21(9-15)24(28)26-13-18-11-22(27)23(12-19(18)14-26)31-20-6-4-5-17(10-20)25(29)30-3/h4-10,18-19,22-23,27H,11-14H2,1-3H3/t18-,19+,22+,23+/m0/s1. The maximum Gasteiger partial charge on any atom is 0.337 e. The molecule has 1 N–H and O–H groups in total. The summed E-state index contributed by atoms with van der Waals surface area (Å²) in [7, 11) is 1.34. The van der Waals surface area contributed by atoms with Gasteiger partial charge in [-0.1, -0.05) is 23.8 Å². The molecular formula is C25H29NO5. The Hall–Kier alpha value is -2.86. The van der Waals surface area contributed by atoms with E-state index < -0.39 is 12.1 Å². The summed E-state index contributed by atoms with van der Waals surface area (Å²) in [5.41, 5.74) is 3.22. The number of nitrogens with zero attached hydrogens (tertiary/aromatic N) is 1. The number of amides is 1. The molecule has 2 aromatic carbocycles. The zero-order valence-electron chi connectivity index (χ0n) is 18.2. The van der Waals surface area contributed by atoms with Gasteiger partial charge in [0, 0.05) is 18.7 Å². The number of rotatable bonds is 4. The van der Waals surface area contributed by atoms with E-state index in [1.54, 1.807) is 24.3 Å². The van der Waals surface area contributed by atoms with Crippen molar-refractivity contribution in [2.75, 3.05) is 20.2 Å². The number of hydrogen-bond acceptors (Lipinski definition) is 5. The number of carbonyl (C=O) groups excluding carboxylic acids is 2. The van der Waals surface area contributed by atoms with Crippen LogP contribution >= 0.6 is 0 Å². The van der Waals surface area contributed by atoms with Crippen LogP contribution in [0.15, 0.2) is 42.5 Å². The van der Waals surface area contributed by atoms with Crippen LogP contribution in [-0.2, 0) is 4.74 Å². The van der Waals surface area contributed by atoms with Crippen LogP contribution in [0, 0.1) is 25.7 Å². The summed E-state index contributed by atoms with van der Waals surface area (Å²) in [6.07, 6.45) is 0.289. The largest absolute Gasteiger partial charge is 0.488 e. The van der Waals surface area contributed by atoms with Crippen molar-refractivity contribution in [1.29, 1.82) is 0 Å². The lowest BCUT2D eigenvalue weighted by Crippen LogP contribution is -2.42. The number of esters is 1. The fourth-order valence-corrected chi connectivity index (χ4v) is 4.81. The molecule has 2 aliphatic rings. The van der Waals surface area contributed by atoms with Gasteiger partial charge in [0.15, 0.2) is 0 Å². The molecule has 0 spiro atoms. The highest BCUT2D eigenvalue weighted by Crippen LogP contribution is 2.38. The number of aliphatic hydroxyl groups is 1. The third-order valence-electron chi connectivity index (χ3n) is 6.54. The van der Waals surface area contributed by atoms with Crippen molar-refractivity contribution in [3.63, 3.8) is 0 Å². The van der Waals surface area contributed by atoms with Crippen molar-refractivity contribution in [1.82, 2.24) is 4.90 Å². The van der Waals surface area contributed by atoms with Crippen LogP contribution in [0.25, 0.3) is 0 Å². The first-order chi connectivity index (χ1) is 14.9. The molecule has 0 bridgehead atoms. The van der Waals surface area contributed by atoms with E-state index in [0.29, 0.717) is 37.2 Å². The lowest BCUT2D eigenvalue weighted by molar-refractivity contribution is -0.0231. The monoisotopic (exact) mass is 423 g/mol. The van der Waals surface area contributed by atoms with Gasteiger partial charge in [-0.3, -0.25) is 4.79 Å². The molecule has 1 aliphatic carbocycles. The molecule has 1 heterocycles. The summed E-state index contributed by atoms with van der Waals surface area (Å²) >= 11 is 0. The summed E-state index contributed by atoms with van der Waals surface area (Å²) in [5.74, 6) is 0.725. The second-order valence-electron chi connectivity index (χ2n) is 8.76. The minimum Gasteiger partial charge on any atom is -0.488 e. The number of ether oxygens (including phenoxy) is 2. The highest BCUT2D eigenvalue weighted by molar-refractivity contribution is 5.96. The summed E-state index contributed by atoms with van der Waals surface area (Å²) < 4.78 is 10.8. The summed E-state index contributed by atoms with van der Waals surface area (Å²) in [4.78, 5) is 26.8. The first-order valence-electron chi connectivity index (χ1n) is 10.8. The minimum atomic E-state index is -0.612. The van der Waals surface area contributed by atoms with E-state index in [1.165, 1.54) is 7.11 Å². The molecule has 2 fully saturated rings. The molecular weight excluding hydrogens is 394 g/mol. The highest BCUT2D eigenvalue weighted by atomic mass is 16.5. The van der Waals surface area contributed by atoms with E-state index in [-0.39, 0.29) is 23.8 Å². The summed E-state index contributed by atoms with van der Waals surface area (Å²) in [5, 5.41) is 10.7. The van der Waals surface area contributed by atoms with Crippen molar-refractivity contribution in [3.05, 3.63) is 64.7 Å². The molecule has 0 radical (unpaired) electrons. The summed E-state index contributed by atoms with van der Waals surface area (Å²) in [6, 6.07) is 12.8. The minimum absolute atomic E-state index is 0.0633. The number of methoxy groups -OCH3 is 1. The zero-order chi connectivity index (χ0) is 22.1. The van der Waals surface area contributed by atoms with E-state index in [9.17, 15) is 14.7 Å². The van der Waals surface area contributed by atoms with Gasteiger partial charge in [-0.15, -0.1) is 0 Å². The van der Waals surface area contributed by atoms with Crippen LogP contribution in [-0.4, -0.2) is 54.3 Å². The quantitative estimate of drug-likeness (QED) is 0.763. The van der Waals surface area contributed by atoms with E-state index in [0.717, 1.165) is 16.7 Å². The van der Waals surface area contributed by atoms with Gasteiger partial charge < -0.3 is 19.5 Å². The normalized spacial score (nSPS) is 25.1. The zero-order valence-corrected chi connectivity index (χ0v) is 18.2. The predicted molar refractivity (Wildman–Crippen MR) is 116 cm³/mol. The number of hydrogen-bond donors (Lipinski definition) is 1. The molecule has 164 valence electrons. The van der Waals surface area contributed by atoms with Crippen molar-refractivity contribution in [3.8, 4) is 5.75 Å². The van der Waals surface area contributed by atoms with Crippen LogP contribution in [0.1, 0.15) is 44.7 Å². The van der Waals surface area contributed by atoms with Crippen molar-refractivity contribution < 1.29 is 24.2 Å². The molecule has 0 aromatic heterocycles. The molecule has 31 heavy (non-hydrogen) atoms. The Balaban J connectivity index is 1.44. The average molecular weight is 424 g/mol. The SMILES string of the molecule is COC(=O)c1cccc(O[C@@H]2C[C@@H]3CN(C(=O)c4cc(C)ccc4C)C[C@@H]3C[C@H]2O)c1. The third kappa shape index (κ3) is 4.44. The Kier molecular flexibility index (Phi) is 6.01. The Morgan fingerprint density at radius 3 is 2.52 bits per heavy atom. The molecule has 6 heteroatoms. The van der Waals surface area contributed by atoms with Gasteiger partial charge in [-0.25, -0.2) is 4.79 Å². The van der Waals surface area contributed by atoms with Gasteiger partial charge >= 0.3 is 5.97 Å². The fourth-order valence-electron chi connectivity index (χ4n) is 4.81. The number of aryl methyl sites for hydroxylation is 2. The maximum absolute atomic E-state index is 13.1. The van der Waals surface area contributed by atoms with E-state index >= 15 is 0 Å². The second-order valence-corrected chi connectivity index (χ2v) is 8.76. The van der Waals surface area contributed by atoms with Crippen molar-refractivity contribution >= 4 is 11.9 Å². The van der Waals surface area contributed by atoms with Crippen LogP contribution in [0.3, 0.4) is 0 Å². The lowest BCUT2D eigenvalue weighted by atomic mass is 9.78. The Labute approximate surface area is 182 Å². The molecule has 2 aromatic rings. The number of carbonyl (C=O) groups is 2. The second kappa shape index (κ2) is 8.71. The number of aliphatic hydroxyl groups excluding tert-OH is 1. The maximum atomic E-state index is 13.1. The summed E-state index contributed by atoms with van der Waals surface area (Å²) in [6.45, 7) is 5.30. The molecule has 1 aliphatic heterocycles. The Morgan fingerprint density at radius 1 is 1.03 bits per heavy atom. The molecule has 1 saturated carbocycles. The first-order valence-corrected chi connectivity index (χ1v) is 10.8. The predicted octanol–water partition coefficient (Wildman–Crippen LogP) is 3.38. The van der Waals surface area contributed by atoms with Gasteiger partial charge in [-0.2, -0.15) is 0 Å². The van der Waals surface area contributed by atoms with Gasteiger partial charge in [0.05, 0.1) is 18.8 Å². The van der Waals surface area contributed by atoms with E-state index in [2.05, 4.69) is 0 Å². The number of fused-ring (bicyclic) bond motifs is 1. The fraction of sp³-hybridized carbons (Fsp3) is 0.440. The van der Waals surface area contributed by atoms with Crippen molar-refractivity contribution in [2.45, 2.75) is 38.9 Å². The third-order valence-corrected chi connectivity index (χ3v) is 6.54. The van der Waals surface area contributed by atoms with Crippen LogP contribution in [0.5, 0.6) is 5.75 Å². The van der Waals surface area contributed by atoms with Crippen LogP contribution in [0.2, 0.25) is 0 Å². The van der Waals surface area contributed by atoms with E-state index in [1.807, 2.05) is 36.9 Å². The van der Waals surface area contributed by atoms with Crippen LogP contribution < -0.4 is 4.74 Å². The molecule has 6 nitrogen and oxygen atoms in total. The van der Waals surface area contributed by atoms with E-state index in [4.69, 9.17) is 9.47 Å². The van der Waals surface area contributed by atoms with Gasteiger partial charge in [0.2, 0.25) is 0 Å². The first kappa shape index (κ1) is 21.4. The van der Waals surface area contributed by atoms with Gasteiger partial charge in [-0.05, 0) is 68.4 Å². The molecule has 4 atom stereocenters. The number of benzene rings is 2. The average Bonchev–Trinajstić information content (AvgIpc) is 3.17. The molecule has 1 amide bonds. The van der Waals surface area contributed by atoms with Crippen molar-refractivity contribution in [2.24, 2.45) is 11.8 Å². The molecule has 0 unspecified atom stereocenters. The smallest absolute Gasteiger partial charge is 0.337 e. The molecule has 4 rings (SSSR count). The number of likely N-dealkylation sites (tertiary alicyclic amines) is 1. The Bertz CT molecular complexity index is 988.